The van der Waals surface area contributed by atoms with Crippen molar-refractivity contribution in [2.75, 3.05) is 13.1 Å². The second-order valence-corrected chi connectivity index (χ2v) is 8.35. The minimum Gasteiger partial charge on any atom is -0.352 e. The summed E-state index contributed by atoms with van der Waals surface area (Å²) in [7, 11) is 1.91. The van der Waals surface area contributed by atoms with Crippen molar-refractivity contribution in [2.24, 2.45) is 7.05 Å². The van der Waals surface area contributed by atoms with Crippen molar-refractivity contribution in [1.29, 1.82) is 0 Å². The molecule has 152 valence electrons. The van der Waals surface area contributed by atoms with Crippen LogP contribution in [0.5, 0.6) is 0 Å². The van der Waals surface area contributed by atoms with Crippen molar-refractivity contribution < 1.29 is 4.79 Å². The molecule has 0 aromatic carbocycles. The molecule has 3 aromatic rings. The first kappa shape index (κ1) is 19.7. The SMILES string of the molecule is CCc1ccc(CN2CCc3c(C(=O)NCCc4nncn4C)csc3C2)nc1. The van der Waals surface area contributed by atoms with E-state index in [0.29, 0.717) is 13.0 Å². The van der Waals surface area contributed by atoms with Gasteiger partial charge in [0.2, 0.25) is 0 Å². The number of fused-ring (bicyclic) bond motifs is 1. The Morgan fingerprint density at radius 3 is 2.97 bits per heavy atom. The lowest BCUT2D eigenvalue weighted by molar-refractivity contribution is 0.0952. The molecule has 1 amide bonds. The molecule has 7 nitrogen and oxygen atoms in total. The van der Waals surface area contributed by atoms with Crippen LogP contribution in [-0.2, 0) is 39.4 Å². The predicted octanol–water partition coefficient (Wildman–Crippen LogP) is 2.36. The molecule has 0 spiro atoms. The first-order valence-corrected chi connectivity index (χ1v) is 10.9. The summed E-state index contributed by atoms with van der Waals surface area (Å²) in [5.74, 6) is 0.879. The molecule has 0 aliphatic carbocycles. The van der Waals surface area contributed by atoms with E-state index in [1.54, 1.807) is 17.7 Å². The number of hydrogen-bond acceptors (Lipinski definition) is 6. The zero-order valence-electron chi connectivity index (χ0n) is 16.9. The van der Waals surface area contributed by atoms with Gasteiger partial charge >= 0.3 is 0 Å². The fourth-order valence-electron chi connectivity index (χ4n) is 3.61. The van der Waals surface area contributed by atoms with Crippen LogP contribution in [0.2, 0.25) is 0 Å². The van der Waals surface area contributed by atoms with Gasteiger partial charge in [-0.15, -0.1) is 21.5 Å². The van der Waals surface area contributed by atoms with Gasteiger partial charge in [-0.3, -0.25) is 14.7 Å². The largest absolute Gasteiger partial charge is 0.352 e. The third-order valence-electron chi connectivity index (χ3n) is 5.39. The molecule has 1 aliphatic rings. The fourth-order valence-corrected chi connectivity index (χ4v) is 4.73. The number of amides is 1. The lowest BCUT2D eigenvalue weighted by Crippen LogP contribution is -2.32. The van der Waals surface area contributed by atoms with Crippen LogP contribution in [0.3, 0.4) is 0 Å². The number of pyridine rings is 1. The van der Waals surface area contributed by atoms with Crippen LogP contribution in [0.4, 0.5) is 0 Å². The van der Waals surface area contributed by atoms with Gasteiger partial charge in [0.1, 0.15) is 12.2 Å². The second kappa shape index (κ2) is 8.84. The molecule has 29 heavy (non-hydrogen) atoms. The highest BCUT2D eigenvalue weighted by atomic mass is 32.1. The fraction of sp³-hybridized carbons (Fsp3) is 0.429. The van der Waals surface area contributed by atoms with Gasteiger partial charge in [-0.1, -0.05) is 13.0 Å². The first-order valence-electron chi connectivity index (χ1n) is 10.0. The third-order valence-corrected chi connectivity index (χ3v) is 6.40. The Labute approximate surface area is 174 Å². The maximum absolute atomic E-state index is 12.7. The summed E-state index contributed by atoms with van der Waals surface area (Å²) in [6, 6.07) is 4.28. The molecule has 0 bridgehead atoms. The molecule has 1 aliphatic heterocycles. The molecule has 4 heterocycles. The topological polar surface area (TPSA) is 75.9 Å². The number of hydrogen-bond donors (Lipinski definition) is 1. The Hall–Kier alpha value is -2.58. The van der Waals surface area contributed by atoms with Gasteiger partial charge in [0.05, 0.1) is 11.3 Å². The minimum absolute atomic E-state index is 0.00920. The molecular formula is C21H26N6OS. The minimum atomic E-state index is 0.00920. The third kappa shape index (κ3) is 4.54. The zero-order chi connectivity index (χ0) is 20.2. The van der Waals surface area contributed by atoms with Gasteiger partial charge < -0.3 is 9.88 Å². The maximum Gasteiger partial charge on any atom is 0.252 e. The first-order chi connectivity index (χ1) is 14.1. The summed E-state index contributed by atoms with van der Waals surface area (Å²) in [6.07, 6.45) is 6.23. The van der Waals surface area contributed by atoms with Gasteiger partial charge in [0.15, 0.2) is 0 Å². The van der Waals surface area contributed by atoms with Crippen molar-refractivity contribution in [2.45, 2.75) is 39.3 Å². The average molecular weight is 411 g/mol. The van der Waals surface area contributed by atoms with Crippen molar-refractivity contribution in [1.82, 2.24) is 30.0 Å². The smallest absolute Gasteiger partial charge is 0.252 e. The molecule has 0 atom stereocenters. The van der Waals surface area contributed by atoms with E-state index in [4.69, 9.17) is 0 Å². The van der Waals surface area contributed by atoms with Crippen molar-refractivity contribution in [3.05, 3.63) is 63.1 Å². The molecule has 8 heteroatoms. The van der Waals surface area contributed by atoms with Crippen LogP contribution in [0, 0.1) is 0 Å². The van der Waals surface area contributed by atoms with Crippen LogP contribution < -0.4 is 5.32 Å². The van der Waals surface area contributed by atoms with E-state index in [1.807, 2.05) is 23.2 Å². The number of thiophene rings is 1. The summed E-state index contributed by atoms with van der Waals surface area (Å²) in [5, 5.41) is 12.9. The van der Waals surface area contributed by atoms with Gasteiger partial charge in [0.25, 0.3) is 5.91 Å². The lowest BCUT2D eigenvalue weighted by Gasteiger charge is -2.27. The molecule has 0 saturated carbocycles. The molecule has 1 N–H and O–H groups in total. The van der Waals surface area contributed by atoms with E-state index in [0.717, 1.165) is 49.6 Å². The average Bonchev–Trinajstić information content (AvgIpc) is 3.34. The molecule has 0 saturated heterocycles. The van der Waals surface area contributed by atoms with Gasteiger partial charge in [-0.2, -0.15) is 0 Å². The highest BCUT2D eigenvalue weighted by Crippen LogP contribution is 2.29. The second-order valence-electron chi connectivity index (χ2n) is 7.39. The standard InChI is InChI=1S/C21H26N6OS/c1-3-15-4-5-16(23-10-15)11-27-9-7-17-18(13-29-19(17)12-27)21(28)22-8-6-20-25-24-14-26(20)2/h4-5,10,13-14H,3,6-9,11-12H2,1-2H3,(H,22,28). The van der Waals surface area contributed by atoms with Crippen LogP contribution in [0.1, 0.15) is 44.8 Å². The number of carbonyl (C=O) groups excluding carboxylic acids is 1. The highest BCUT2D eigenvalue weighted by molar-refractivity contribution is 7.10. The van der Waals surface area contributed by atoms with Crippen molar-refractivity contribution in [3.8, 4) is 0 Å². The number of carbonyl (C=O) groups is 1. The van der Waals surface area contributed by atoms with Crippen LogP contribution >= 0.6 is 11.3 Å². The van der Waals surface area contributed by atoms with Crippen LogP contribution in [0.25, 0.3) is 0 Å². The van der Waals surface area contributed by atoms with Gasteiger partial charge in [-0.05, 0) is 30.0 Å². The Bertz CT molecular complexity index is 977. The van der Waals surface area contributed by atoms with E-state index >= 15 is 0 Å². The van der Waals surface area contributed by atoms with E-state index in [2.05, 4.69) is 44.5 Å². The maximum atomic E-state index is 12.7. The Morgan fingerprint density at radius 2 is 2.24 bits per heavy atom. The van der Waals surface area contributed by atoms with Crippen LogP contribution in [-0.4, -0.2) is 43.6 Å². The highest BCUT2D eigenvalue weighted by Gasteiger charge is 2.24. The van der Waals surface area contributed by atoms with Gasteiger partial charge in [-0.25, -0.2) is 0 Å². The molecule has 0 unspecified atom stereocenters. The van der Waals surface area contributed by atoms with E-state index in [9.17, 15) is 4.79 Å². The lowest BCUT2D eigenvalue weighted by atomic mass is 10.0. The van der Waals surface area contributed by atoms with Crippen LogP contribution in [0.15, 0.2) is 30.0 Å². The number of rotatable bonds is 7. The normalized spacial score (nSPS) is 14.0. The number of nitrogens with zero attached hydrogens (tertiary/aromatic N) is 5. The molecular weight excluding hydrogens is 384 g/mol. The monoisotopic (exact) mass is 410 g/mol. The summed E-state index contributed by atoms with van der Waals surface area (Å²) >= 11 is 1.69. The number of nitrogens with one attached hydrogen (secondary N) is 1. The molecule has 4 rings (SSSR count). The predicted molar refractivity (Wildman–Crippen MR) is 113 cm³/mol. The zero-order valence-corrected chi connectivity index (χ0v) is 17.7. The van der Waals surface area contributed by atoms with Gasteiger partial charge in [0, 0.05) is 56.1 Å². The van der Waals surface area contributed by atoms with Crippen molar-refractivity contribution in [3.63, 3.8) is 0 Å². The summed E-state index contributed by atoms with van der Waals surface area (Å²) in [5.41, 5.74) is 4.40. The number of aryl methyl sites for hydroxylation is 2. The summed E-state index contributed by atoms with van der Waals surface area (Å²) in [4.78, 5) is 20.9. The Balaban J connectivity index is 1.33. The quantitative estimate of drug-likeness (QED) is 0.647. The van der Waals surface area contributed by atoms with E-state index in [-0.39, 0.29) is 5.91 Å². The Morgan fingerprint density at radius 1 is 1.34 bits per heavy atom. The molecule has 0 radical (unpaired) electrons. The molecule has 3 aromatic heterocycles. The number of aromatic nitrogens is 4. The summed E-state index contributed by atoms with van der Waals surface area (Å²) in [6.45, 7) is 5.37. The van der Waals surface area contributed by atoms with E-state index < -0.39 is 0 Å². The summed E-state index contributed by atoms with van der Waals surface area (Å²) < 4.78 is 1.87. The van der Waals surface area contributed by atoms with E-state index in [1.165, 1.54) is 16.0 Å². The van der Waals surface area contributed by atoms with Crippen molar-refractivity contribution >= 4 is 17.2 Å². The molecule has 0 fully saturated rings. The Kier molecular flexibility index (Phi) is 6.01.